The van der Waals surface area contributed by atoms with E-state index in [1.54, 1.807) is 0 Å². The van der Waals surface area contributed by atoms with Crippen LogP contribution in [-0.2, 0) is 5.41 Å². The molecule has 0 unspecified atom stereocenters. The fourth-order valence-corrected chi connectivity index (χ4v) is 8.67. The lowest BCUT2D eigenvalue weighted by molar-refractivity contribution is 0.660. The van der Waals surface area contributed by atoms with Crippen molar-refractivity contribution in [2.75, 3.05) is 4.90 Å². The third kappa shape index (κ3) is 5.35. The van der Waals surface area contributed by atoms with E-state index < -0.39 is 0 Å². The Labute approximate surface area is 330 Å². The van der Waals surface area contributed by atoms with Crippen LogP contribution in [0.2, 0.25) is 0 Å². The average Bonchev–Trinajstić information content (AvgIpc) is 3.76. The molecule has 0 saturated heterocycles. The second-order valence-corrected chi connectivity index (χ2v) is 15.2. The number of hydrogen-bond acceptors (Lipinski definition) is 5. The monoisotopic (exact) mass is 732 g/mol. The SMILES string of the molecule is CC1(C)c2ccccc2-c2ccc(N(c3ccccc3)c3cc4c5ccccc5oc4c4ccc(-c5nc(-c6ccccc6)nc(-c6ccccc6)n5)cc34)cc21. The van der Waals surface area contributed by atoms with Crippen molar-refractivity contribution < 1.29 is 4.42 Å². The van der Waals surface area contributed by atoms with Crippen LogP contribution < -0.4 is 4.90 Å². The third-order valence-electron chi connectivity index (χ3n) is 11.5. The van der Waals surface area contributed by atoms with Gasteiger partial charge in [0.1, 0.15) is 11.2 Å². The van der Waals surface area contributed by atoms with E-state index in [0.29, 0.717) is 17.5 Å². The van der Waals surface area contributed by atoms with Crippen LogP contribution >= 0.6 is 0 Å². The molecule has 0 N–H and O–H groups in total. The van der Waals surface area contributed by atoms with Gasteiger partial charge in [-0.2, -0.15) is 0 Å². The molecule has 0 amide bonds. The molecule has 57 heavy (non-hydrogen) atoms. The summed E-state index contributed by atoms with van der Waals surface area (Å²) in [6.07, 6.45) is 0. The van der Waals surface area contributed by atoms with E-state index in [2.05, 4.69) is 128 Å². The van der Waals surface area contributed by atoms with Crippen molar-refractivity contribution in [3.8, 4) is 45.3 Å². The highest BCUT2D eigenvalue weighted by molar-refractivity contribution is 6.20. The van der Waals surface area contributed by atoms with Gasteiger partial charge in [0.2, 0.25) is 0 Å². The molecule has 1 aliphatic rings. The van der Waals surface area contributed by atoms with Crippen LogP contribution in [0.5, 0.6) is 0 Å². The minimum atomic E-state index is -0.157. The van der Waals surface area contributed by atoms with Gasteiger partial charge in [0, 0.05) is 55.0 Å². The minimum Gasteiger partial charge on any atom is -0.455 e. The summed E-state index contributed by atoms with van der Waals surface area (Å²) in [5, 5.41) is 4.18. The van der Waals surface area contributed by atoms with Gasteiger partial charge >= 0.3 is 0 Å². The summed E-state index contributed by atoms with van der Waals surface area (Å²) in [5.41, 5.74) is 12.7. The molecule has 2 heterocycles. The summed E-state index contributed by atoms with van der Waals surface area (Å²) in [4.78, 5) is 17.6. The first-order valence-corrected chi connectivity index (χ1v) is 19.4. The first-order valence-electron chi connectivity index (χ1n) is 19.4. The highest BCUT2D eigenvalue weighted by atomic mass is 16.3. The van der Waals surface area contributed by atoms with Crippen molar-refractivity contribution in [1.29, 1.82) is 0 Å². The van der Waals surface area contributed by atoms with Crippen LogP contribution in [0.25, 0.3) is 78.0 Å². The molecule has 10 aromatic rings. The molecular weight excluding hydrogens is 697 g/mol. The molecule has 0 atom stereocenters. The van der Waals surface area contributed by atoms with Crippen LogP contribution in [0.4, 0.5) is 17.1 Å². The molecule has 5 heteroatoms. The second-order valence-electron chi connectivity index (χ2n) is 15.2. The van der Waals surface area contributed by atoms with E-state index in [1.165, 1.54) is 22.3 Å². The summed E-state index contributed by atoms with van der Waals surface area (Å²) in [6, 6.07) is 63.7. The van der Waals surface area contributed by atoms with E-state index in [9.17, 15) is 0 Å². The number of hydrogen-bond donors (Lipinski definition) is 0. The van der Waals surface area contributed by atoms with E-state index >= 15 is 0 Å². The van der Waals surface area contributed by atoms with Crippen molar-refractivity contribution in [3.05, 3.63) is 193 Å². The molecule has 0 aliphatic heterocycles. The van der Waals surface area contributed by atoms with Crippen molar-refractivity contribution >= 4 is 49.8 Å². The molecule has 0 saturated carbocycles. The Balaban J connectivity index is 1.19. The summed E-state index contributed by atoms with van der Waals surface area (Å²) >= 11 is 0. The van der Waals surface area contributed by atoms with Gasteiger partial charge in [-0.15, -0.1) is 0 Å². The lowest BCUT2D eigenvalue weighted by Crippen LogP contribution is -2.16. The highest BCUT2D eigenvalue weighted by Gasteiger charge is 2.36. The average molecular weight is 733 g/mol. The van der Waals surface area contributed by atoms with Crippen LogP contribution in [-0.4, -0.2) is 15.0 Å². The molecule has 0 radical (unpaired) electrons. The zero-order valence-corrected chi connectivity index (χ0v) is 31.5. The predicted octanol–water partition coefficient (Wildman–Crippen LogP) is 13.7. The lowest BCUT2D eigenvalue weighted by atomic mass is 9.82. The van der Waals surface area contributed by atoms with E-state index in [4.69, 9.17) is 19.4 Å². The summed E-state index contributed by atoms with van der Waals surface area (Å²) in [5.74, 6) is 1.85. The smallest absolute Gasteiger partial charge is 0.164 e. The van der Waals surface area contributed by atoms with Gasteiger partial charge in [0.15, 0.2) is 17.5 Å². The molecule has 1 aliphatic carbocycles. The second kappa shape index (κ2) is 12.9. The Morgan fingerprint density at radius 1 is 0.421 bits per heavy atom. The first-order chi connectivity index (χ1) is 28.0. The van der Waals surface area contributed by atoms with Crippen LogP contribution in [0, 0.1) is 0 Å². The van der Waals surface area contributed by atoms with E-state index in [-0.39, 0.29) is 5.41 Å². The van der Waals surface area contributed by atoms with Crippen molar-refractivity contribution in [1.82, 2.24) is 15.0 Å². The number of nitrogens with zero attached hydrogens (tertiary/aromatic N) is 4. The quantitative estimate of drug-likeness (QED) is 0.170. The molecule has 270 valence electrons. The van der Waals surface area contributed by atoms with Gasteiger partial charge in [0.25, 0.3) is 0 Å². The standard InChI is InChI=1S/C52H36N4O/c1-52(2)44-24-14-12-22-38(44)39-29-27-37(31-45(39)52)56(36-20-10-5-11-21-36)46-32-43-40-23-13-15-25-47(40)57-48(43)41-28-26-35(30-42(41)46)51-54-49(33-16-6-3-7-17-33)53-50(55-51)34-18-8-4-9-19-34/h3-32H,1-2H3. The highest BCUT2D eigenvalue weighted by Crippen LogP contribution is 2.52. The molecule has 11 rings (SSSR count). The number of fused-ring (bicyclic) bond motifs is 8. The maximum absolute atomic E-state index is 6.68. The van der Waals surface area contributed by atoms with Crippen molar-refractivity contribution in [2.45, 2.75) is 19.3 Å². The fraction of sp³-hybridized carbons (Fsp3) is 0.0577. The fourth-order valence-electron chi connectivity index (χ4n) is 8.67. The largest absolute Gasteiger partial charge is 0.455 e. The lowest BCUT2D eigenvalue weighted by Gasteiger charge is -2.29. The number of rotatable bonds is 6. The Hall–Kier alpha value is -7.37. The van der Waals surface area contributed by atoms with Crippen LogP contribution in [0.3, 0.4) is 0 Å². The Bertz CT molecular complexity index is 3100. The number of anilines is 3. The van der Waals surface area contributed by atoms with Crippen LogP contribution in [0.15, 0.2) is 186 Å². The zero-order valence-electron chi connectivity index (χ0n) is 31.5. The number of para-hydroxylation sites is 2. The van der Waals surface area contributed by atoms with Gasteiger partial charge in [-0.05, 0) is 70.8 Å². The number of furan rings is 1. The normalized spacial score (nSPS) is 12.9. The van der Waals surface area contributed by atoms with Gasteiger partial charge in [-0.3, -0.25) is 0 Å². The Kier molecular flexibility index (Phi) is 7.45. The molecule has 0 fully saturated rings. The zero-order chi connectivity index (χ0) is 38.1. The minimum absolute atomic E-state index is 0.157. The third-order valence-corrected chi connectivity index (χ3v) is 11.5. The molecule has 5 nitrogen and oxygen atoms in total. The van der Waals surface area contributed by atoms with Gasteiger partial charge in [-0.25, -0.2) is 15.0 Å². The van der Waals surface area contributed by atoms with Crippen molar-refractivity contribution in [2.24, 2.45) is 0 Å². The Morgan fingerprint density at radius 3 is 1.74 bits per heavy atom. The predicted molar refractivity (Wildman–Crippen MR) is 233 cm³/mol. The number of aromatic nitrogens is 3. The molecule has 2 aromatic heterocycles. The summed E-state index contributed by atoms with van der Waals surface area (Å²) in [7, 11) is 0. The summed E-state index contributed by atoms with van der Waals surface area (Å²) in [6.45, 7) is 4.67. The summed E-state index contributed by atoms with van der Waals surface area (Å²) < 4.78 is 6.68. The Morgan fingerprint density at radius 2 is 1.02 bits per heavy atom. The van der Waals surface area contributed by atoms with E-state index in [0.717, 1.165) is 66.5 Å². The molecule has 0 spiro atoms. The van der Waals surface area contributed by atoms with Gasteiger partial charge in [0.05, 0.1) is 5.69 Å². The van der Waals surface area contributed by atoms with E-state index in [1.807, 2.05) is 72.8 Å². The molecule has 0 bridgehead atoms. The first kappa shape index (κ1) is 33.0. The number of benzene rings is 8. The molecule has 8 aromatic carbocycles. The van der Waals surface area contributed by atoms with Gasteiger partial charge < -0.3 is 9.32 Å². The molecular formula is C52H36N4O. The van der Waals surface area contributed by atoms with Crippen molar-refractivity contribution in [3.63, 3.8) is 0 Å². The maximum atomic E-state index is 6.68. The van der Waals surface area contributed by atoms with Gasteiger partial charge in [-0.1, -0.05) is 147 Å². The maximum Gasteiger partial charge on any atom is 0.164 e. The topological polar surface area (TPSA) is 55.1 Å². The van der Waals surface area contributed by atoms with Crippen LogP contribution in [0.1, 0.15) is 25.0 Å².